The number of aliphatic hydroxyl groups excluding tert-OH is 2. The molecule has 29 heavy (non-hydrogen) atoms. The van der Waals surface area contributed by atoms with E-state index in [0.29, 0.717) is 16.7 Å². The van der Waals surface area contributed by atoms with Crippen molar-refractivity contribution >= 4 is 51.9 Å². The molecule has 4 N–H and O–H groups in total. The maximum absolute atomic E-state index is 13.1. The third-order valence-electron chi connectivity index (χ3n) is 5.63. The molecule has 1 saturated heterocycles. The molecule has 0 spiro atoms. The largest absolute Gasteiger partial charge is 0.390 e. The molecule has 2 heterocycles. The minimum absolute atomic E-state index is 0.152. The third-order valence-corrected chi connectivity index (χ3v) is 7.23. The van der Waals surface area contributed by atoms with E-state index < -0.39 is 30.2 Å². The van der Waals surface area contributed by atoms with Gasteiger partial charge in [-0.3, -0.25) is 4.79 Å². The first-order valence-electron chi connectivity index (χ1n) is 9.39. The number of nitrogens with zero attached hydrogens (tertiary/aromatic N) is 1. The Labute approximate surface area is 183 Å². The summed E-state index contributed by atoms with van der Waals surface area (Å²) in [6.07, 6.45) is -1.88. The molecule has 2 fully saturated rings. The summed E-state index contributed by atoms with van der Waals surface area (Å²) in [5, 5.41) is 30.0. The monoisotopic (exact) mass is 451 g/mol. The van der Waals surface area contributed by atoms with E-state index in [-0.39, 0.29) is 12.3 Å². The zero-order chi connectivity index (χ0) is 20.7. The predicted molar refractivity (Wildman–Crippen MR) is 118 cm³/mol. The van der Waals surface area contributed by atoms with Gasteiger partial charge in [-0.1, -0.05) is 23.7 Å². The highest BCUT2D eigenvalue weighted by Gasteiger charge is 2.53. The fraction of sp³-hybridized carbons (Fsp3) is 0.400. The second-order valence-corrected chi connectivity index (χ2v) is 9.29. The first kappa shape index (κ1) is 20.6. The zero-order valence-corrected chi connectivity index (χ0v) is 18.1. The van der Waals surface area contributed by atoms with Crippen LogP contribution in [-0.4, -0.2) is 45.5 Å². The lowest BCUT2D eigenvalue weighted by Crippen LogP contribution is -2.60. The standard InChI is InChI=1S/C20H22ClN3O3S2/c1-10-4-5-11(7-14(10)21)24-17-13(19(27)22-9-12-3-2-6-29-12)8-15(25)18(26)16(17)23-20(24)28/h2-7,13,15-18,25-26H,8-9H2,1H3,(H,22,27)(H,23,28)/t13-,15-,16-,17-,18+/m1/s1. The van der Waals surface area contributed by atoms with Gasteiger partial charge in [0.15, 0.2) is 5.11 Å². The quantitative estimate of drug-likeness (QED) is 0.533. The van der Waals surface area contributed by atoms with E-state index in [4.69, 9.17) is 23.8 Å². The Hall–Kier alpha value is -1.71. The van der Waals surface area contributed by atoms with Crippen molar-refractivity contribution in [3.63, 3.8) is 0 Å². The number of aryl methyl sites for hydroxylation is 1. The van der Waals surface area contributed by atoms with Gasteiger partial charge in [0.2, 0.25) is 5.91 Å². The topological polar surface area (TPSA) is 84.8 Å². The predicted octanol–water partition coefficient (Wildman–Crippen LogP) is 2.20. The summed E-state index contributed by atoms with van der Waals surface area (Å²) in [7, 11) is 0. The number of fused-ring (bicyclic) bond motifs is 1. The number of hydrogen-bond acceptors (Lipinski definition) is 5. The molecule has 1 aliphatic carbocycles. The molecular formula is C20H22ClN3O3S2. The number of benzene rings is 1. The van der Waals surface area contributed by atoms with Crippen LogP contribution in [0.15, 0.2) is 35.7 Å². The summed E-state index contributed by atoms with van der Waals surface area (Å²) in [5.41, 5.74) is 1.69. The van der Waals surface area contributed by atoms with Crippen LogP contribution in [0.4, 0.5) is 5.69 Å². The number of carbonyl (C=O) groups is 1. The molecule has 0 bridgehead atoms. The van der Waals surface area contributed by atoms with Gasteiger partial charge < -0.3 is 25.7 Å². The molecule has 1 saturated carbocycles. The average Bonchev–Trinajstić information content (AvgIpc) is 3.33. The van der Waals surface area contributed by atoms with Crippen molar-refractivity contribution in [3.8, 4) is 0 Å². The number of thiophene rings is 1. The highest BCUT2D eigenvalue weighted by Crippen LogP contribution is 2.37. The summed E-state index contributed by atoms with van der Waals surface area (Å²) in [6.45, 7) is 2.34. The number of rotatable bonds is 4. The van der Waals surface area contributed by atoms with Crippen molar-refractivity contribution in [1.29, 1.82) is 0 Å². The second kappa shape index (κ2) is 8.20. The number of aliphatic hydroxyl groups is 2. The highest BCUT2D eigenvalue weighted by molar-refractivity contribution is 7.80. The fourth-order valence-corrected chi connectivity index (χ4v) is 5.27. The molecule has 0 unspecified atom stereocenters. The minimum atomic E-state index is -1.02. The summed E-state index contributed by atoms with van der Waals surface area (Å²) in [5.74, 6) is -0.722. The molecule has 1 aromatic heterocycles. The second-order valence-electron chi connectivity index (χ2n) is 7.47. The number of anilines is 1. The van der Waals surface area contributed by atoms with Gasteiger partial charge in [0.05, 0.1) is 30.7 Å². The Morgan fingerprint density at radius 1 is 1.41 bits per heavy atom. The van der Waals surface area contributed by atoms with Crippen LogP contribution in [0.2, 0.25) is 5.02 Å². The Bertz CT molecular complexity index is 924. The van der Waals surface area contributed by atoms with Gasteiger partial charge in [-0.25, -0.2) is 0 Å². The van der Waals surface area contributed by atoms with E-state index in [2.05, 4.69) is 10.6 Å². The zero-order valence-electron chi connectivity index (χ0n) is 15.7. The summed E-state index contributed by atoms with van der Waals surface area (Å²) in [6, 6.07) is 8.52. The average molecular weight is 452 g/mol. The van der Waals surface area contributed by atoms with E-state index in [1.807, 2.05) is 47.5 Å². The van der Waals surface area contributed by atoms with Crippen LogP contribution in [0.3, 0.4) is 0 Å². The maximum Gasteiger partial charge on any atom is 0.225 e. The minimum Gasteiger partial charge on any atom is -0.390 e. The Morgan fingerprint density at radius 2 is 2.21 bits per heavy atom. The van der Waals surface area contributed by atoms with Crippen LogP contribution in [0.5, 0.6) is 0 Å². The Morgan fingerprint density at radius 3 is 2.90 bits per heavy atom. The van der Waals surface area contributed by atoms with E-state index in [1.54, 1.807) is 11.3 Å². The van der Waals surface area contributed by atoms with Crippen molar-refractivity contribution in [2.24, 2.45) is 5.92 Å². The Kier molecular flexibility index (Phi) is 5.81. The van der Waals surface area contributed by atoms with Crippen LogP contribution >= 0.6 is 35.2 Å². The number of carbonyl (C=O) groups excluding carboxylic acids is 1. The molecule has 1 amide bonds. The maximum atomic E-state index is 13.1. The van der Waals surface area contributed by atoms with Crippen molar-refractivity contribution in [1.82, 2.24) is 10.6 Å². The number of thiocarbonyl (C=S) groups is 1. The number of amides is 1. The van der Waals surface area contributed by atoms with Crippen molar-refractivity contribution in [2.75, 3.05) is 4.90 Å². The SMILES string of the molecule is Cc1ccc(N2C(=S)N[C@H]3[C@@H](O)[C@H](O)C[C@@H](C(=O)NCc4cccs4)[C@H]32)cc1Cl. The molecule has 5 atom stereocenters. The lowest BCUT2D eigenvalue weighted by atomic mass is 9.77. The van der Waals surface area contributed by atoms with Crippen molar-refractivity contribution in [3.05, 3.63) is 51.2 Å². The highest BCUT2D eigenvalue weighted by atomic mass is 35.5. The van der Waals surface area contributed by atoms with Gasteiger partial charge in [0, 0.05) is 15.6 Å². The lowest BCUT2D eigenvalue weighted by Gasteiger charge is -2.41. The number of hydrogen-bond donors (Lipinski definition) is 4. The molecule has 2 aliphatic rings. The van der Waals surface area contributed by atoms with Gasteiger partial charge in [0.25, 0.3) is 0 Å². The molecule has 1 aliphatic heterocycles. The molecule has 4 rings (SSSR count). The van der Waals surface area contributed by atoms with Gasteiger partial charge in [-0.05, 0) is 54.7 Å². The lowest BCUT2D eigenvalue weighted by molar-refractivity contribution is -0.131. The molecule has 0 radical (unpaired) electrons. The number of nitrogens with one attached hydrogen (secondary N) is 2. The summed E-state index contributed by atoms with van der Waals surface area (Å²) >= 11 is 13.4. The molecule has 9 heteroatoms. The van der Waals surface area contributed by atoms with Gasteiger partial charge in [0.1, 0.15) is 6.10 Å². The van der Waals surface area contributed by atoms with Crippen molar-refractivity contribution < 1.29 is 15.0 Å². The molecule has 6 nitrogen and oxygen atoms in total. The van der Waals surface area contributed by atoms with E-state index in [1.165, 1.54) is 0 Å². The number of halogens is 1. The van der Waals surface area contributed by atoms with Crippen LogP contribution in [0, 0.1) is 12.8 Å². The normalized spacial score (nSPS) is 28.8. The van der Waals surface area contributed by atoms with Gasteiger partial charge >= 0.3 is 0 Å². The summed E-state index contributed by atoms with van der Waals surface area (Å²) in [4.78, 5) is 16.0. The third kappa shape index (κ3) is 3.87. The van der Waals surface area contributed by atoms with Crippen LogP contribution in [0.1, 0.15) is 16.9 Å². The Balaban J connectivity index is 1.63. The first-order chi connectivity index (χ1) is 13.9. The van der Waals surface area contributed by atoms with Crippen LogP contribution < -0.4 is 15.5 Å². The fourth-order valence-electron chi connectivity index (χ4n) is 4.09. The van der Waals surface area contributed by atoms with E-state index >= 15 is 0 Å². The van der Waals surface area contributed by atoms with Gasteiger partial charge in [-0.2, -0.15) is 0 Å². The molecule has 1 aromatic carbocycles. The molecule has 2 aromatic rings. The van der Waals surface area contributed by atoms with E-state index in [9.17, 15) is 15.0 Å². The smallest absolute Gasteiger partial charge is 0.225 e. The summed E-state index contributed by atoms with van der Waals surface area (Å²) < 4.78 is 0. The molecular weight excluding hydrogens is 430 g/mol. The van der Waals surface area contributed by atoms with Crippen LogP contribution in [-0.2, 0) is 11.3 Å². The van der Waals surface area contributed by atoms with Crippen LogP contribution in [0.25, 0.3) is 0 Å². The van der Waals surface area contributed by atoms with Crippen molar-refractivity contribution in [2.45, 2.75) is 44.2 Å². The van der Waals surface area contributed by atoms with E-state index in [0.717, 1.165) is 16.1 Å². The molecule has 154 valence electrons. The van der Waals surface area contributed by atoms with Gasteiger partial charge in [-0.15, -0.1) is 11.3 Å². The first-order valence-corrected chi connectivity index (χ1v) is 11.1.